The van der Waals surface area contributed by atoms with Crippen molar-refractivity contribution in [3.05, 3.63) is 59.4 Å². The third kappa shape index (κ3) is 4.79. The zero-order valence-corrected chi connectivity index (χ0v) is 14.9. The standard InChI is InChI=1S/C19H23N3O3/c1-12(2)17(15-6-5-9-20-11-15)22-19(24)21-16-8-7-14(10-13(16)3)18(23)25-4/h5-12,17H,1-4H3,(H2,21,22,24)/t17-/m1/s1. The van der Waals surface area contributed by atoms with Gasteiger partial charge in [-0.3, -0.25) is 4.98 Å². The minimum Gasteiger partial charge on any atom is -0.465 e. The van der Waals surface area contributed by atoms with Gasteiger partial charge in [-0.25, -0.2) is 9.59 Å². The molecule has 0 spiro atoms. The minimum absolute atomic E-state index is 0.150. The summed E-state index contributed by atoms with van der Waals surface area (Å²) in [5.41, 5.74) is 2.81. The number of carbonyl (C=O) groups excluding carboxylic acids is 2. The van der Waals surface area contributed by atoms with Crippen molar-refractivity contribution >= 4 is 17.7 Å². The zero-order valence-electron chi connectivity index (χ0n) is 14.9. The lowest BCUT2D eigenvalue weighted by Crippen LogP contribution is -2.35. The maximum absolute atomic E-state index is 12.4. The Hall–Kier alpha value is -2.89. The van der Waals surface area contributed by atoms with Crippen molar-refractivity contribution in [3.63, 3.8) is 0 Å². The number of pyridine rings is 1. The van der Waals surface area contributed by atoms with Gasteiger partial charge in [0, 0.05) is 18.1 Å². The Morgan fingerprint density at radius 3 is 2.52 bits per heavy atom. The lowest BCUT2D eigenvalue weighted by molar-refractivity contribution is 0.0600. The molecular formula is C19H23N3O3. The molecule has 0 aliphatic rings. The van der Waals surface area contributed by atoms with E-state index in [1.807, 2.05) is 32.9 Å². The van der Waals surface area contributed by atoms with Crippen LogP contribution in [0.3, 0.4) is 0 Å². The van der Waals surface area contributed by atoms with Crippen molar-refractivity contribution in [2.24, 2.45) is 5.92 Å². The molecule has 2 rings (SSSR count). The largest absolute Gasteiger partial charge is 0.465 e. The number of carbonyl (C=O) groups is 2. The Labute approximate surface area is 147 Å². The lowest BCUT2D eigenvalue weighted by atomic mass is 9.98. The highest BCUT2D eigenvalue weighted by atomic mass is 16.5. The summed E-state index contributed by atoms with van der Waals surface area (Å²) in [4.78, 5) is 28.1. The molecule has 0 bridgehead atoms. The Balaban J connectivity index is 2.10. The van der Waals surface area contributed by atoms with Crippen molar-refractivity contribution in [2.45, 2.75) is 26.8 Å². The second-order valence-corrected chi connectivity index (χ2v) is 6.13. The van der Waals surface area contributed by atoms with Gasteiger partial charge in [0.25, 0.3) is 0 Å². The van der Waals surface area contributed by atoms with Crippen molar-refractivity contribution in [1.29, 1.82) is 0 Å². The molecule has 0 unspecified atom stereocenters. The van der Waals surface area contributed by atoms with Gasteiger partial charge in [-0.1, -0.05) is 19.9 Å². The smallest absolute Gasteiger partial charge is 0.337 e. The van der Waals surface area contributed by atoms with E-state index >= 15 is 0 Å². The van der Waals surface area contributed by atoms with Gasteiger partial charge in [0.1, 0.15) is 0 Å². The van der Waals surface area contributed by atoms with E-state index in [-0.39, 0.29) is 18.0 Å². The molecule has 2 amide bonds. The van der Waals surface area contributed by atoms with Crippen LogP contribution >= 0.6 is 0 Å². The molecule has 0 fully saturated rings. The fourth-order valence-corrected chi connectivity index (χ4v) is 2.54. The number of nitrogens with zero attached hydrogens (tertiary/aromatic N) is 1. The fourth-order valence-electron chi connectivity index (χ4n) is 2.54. The Bertz CT molecular complexity index is 745. The molecule has 2 N–H and O–H groups in total. The number of aromatic nitrogens is 1. The van der Waals surface area contributed by atoms with Gasteiger partial charge in [-0.15, -0.1) is 0 Å². The van der Waals surface area contributed by atoms with E-state index in [0.29, 0.717) is 11.3 Å². The third-order valence-corrected chi connectivity index (χ3v) is 3.89. The molecule has 1 heterocycles. The number of ether oxygens (including phenoxy) is 1. The van der Waals surface area contributed by atoms with Gasteiger partial charge in [-0.05, 0) is 48.2 Å². The van der Waals surface area contributed by atoms with Crippen LogP contribution in [0.5, 0.6) is 0 Å². The average molecular weight is 341 g/mol. The van der Waals surface area contributed by atoms with Gasteiger partial charge < -0.3 is 15.4 Å². The summed E-state index contributed by atoms with van der Waals surface area (Å²) in [5.74, 6) is -0.201. The summed E-state index contributed by atoms with van der Waals surface area (Å²) in [6.45, 7) is 5.89. The molecular weight excluding hydrogens is 318 g/mol. The number of methoxy groups -OCH3 is 1. The molecule has 1 aromatic heterocycles. The molecule has 0 aliphatic heterocycles. The van der Waals surface area contributed by atoms with Gasteiger partial charge in [-0.2, -0.15) is 0 Å². The first-order valence-corrected chi connectivity index (χ1v) is 8.08. The summed E-state index contributed by atoms with van der Waals surface area (Å²) in [6, 6.07) is 8.32. The van der Waals surface area contributed by atoms with Crippen LogP contribution in [0.2, 0.25) is 0 Å². The first-order valence-electron chi connectivity index (χ1n) is 8.08. The van der Waals surface area contributed by atoms with Crippen LogP contribution in [0.4, 0.5) is 10.5 Å². The average Bonchev–Trinajstić information content (AvgIpc) is 2.61. The van der Waals surface area contributed by atoms with E-state index < -0.39 is 5.97 Å². The van der Waals surface area contributed by atoms with E-state index in [9.17, 15) is 9.59 Å². The van der Waals surface area contributed by atoms with Crippen LogP contribution in [0.25, 0.3) is 0 Å². The van der Waals surface area contributed by atoms with Gasteiger partial charge in [0.05, 0.1) is 18.7 Å². The third-order valence-electron chi connectivity index (χ3n) is 3.89. The maximum Gasteiger partial charge on any atom is 0.337 e. The number of anilines is 1. The molecule has 0 saturated heterocycles. The van der Waals surface area contributed by atoms with Crippen LogP contribution in [0, 0.1) is 12.8 Å². The van der Waals surface area contributed by atoms with Gasteiger partial charge in [0.15, 0.2) is 0 Å². The van der Waals surface area contributed by atoms with Crippen LogP contribution in [0.1, 0.15) is 41.4 Å². The van der Waals surface area contributed by atoms with E-state index in [2.05, 4.69) is 15.6 Å². The predicted octanol–water partition coefficient (Wildman–Crippen LogP) is 3.70. The van der Waals surface area contributed by atoms with E-state index in [4.69, 9.17) is 4.74 Å². The van der Waals surface area contributed by atoms with E-state index in [1.54, 1.807) is 30.6 Å². The Kier molecular flexibility index (Phi) is 6.11. The van der Waals surface area contributed by atoms with Gasteiger partial charge in [0.2, 0.25) is 0 Å². The molecule has 2 aromatic rings. The number of aryl methyl sites for hydroxylation is 1. The minimum atomic E-state index is -0.407. The number of hydrogen-bond acceptors (Lipinski definition) is 4. The number of hydrogen-bond donors (Lipinski definition) is 2. The van der Waals surface area contributed by atoms with Crippen molar-refractivity contribution in [3.8, 4) is 0 Å². The summed E-state index contributed by atoms with van der Waals surface area (Å²) in [6.07, 6.45) is 3.45. The molecule has 0 radical (unpaired) electrons. The van der Waals surface area contributed by atoms with Crippen LogP contribution < -0.4 is 10.6 Å². The molecule has 132 valence electrons. The van der Waals surface area contributed by atoms with E-state index in [0.717, 1.165) is 11.1 Å². The predicted molar refractivity (Wildman–Crippen MR) is 96.5 cm³/mol. The SMILES string of the molecule is COC(=O)c1ccc(NC(=O)N[C@@H](c2cccnc2)C(C)C)c(C)c1. The first-order chi connectivity index (χ1) is 11.9. The van der Waals surface area contributed by atoms with Crippen LogP contribution in [-0.2, 0) is 4.74 Å². The topological polar surface area (TPSA) is 80.3 Å². The van der Waals surface area contributed by atoms with Crippen molar-refractivity contribution < 1.29 is 14.3 Å². The van der Waals surface area contributed by atoms with Crippen LogP contribution in [-0.4, -0.2) is 24.1 Å². The zero-order chi connectivity index (χ0) is 18.4. The van der Waals surface area contributed by atoms with Crippen LogP contribution in [0.15, 0.2) is 42.7 Å². The summed E-state index contributed by atoms with van der Waals surface area (Å²) >= 11 is 0. The molecule has 6 nitrogen and oxygen atoms in total. The molecule has 25 heavy (non-hydrogen) atoms. The molecule has 6 heteroatoms. The first kappa shape index (κ1) is 18.4. The summed E-state index contributed by atoms with van der Waals surface area (Å²) in [5, 5.41) is 5.80. The Morgan fingerprint density at radius 2 is 1.96 bits per heavy atom. The highest BCUT2D eigenvalue weighted by Gasteiger charge is 2.19. The second kappa shape index (κ2) is 8.28. The quantitative estimate of drug-likeness (QED) is 0.813. The second-order valence-electron chi connectivity index (χ2n) is 6.13. The highest BCUT2D eigenvalue weighted by Crippen LogP contribution is 2.22. The number of esters is 1. The van der Waals surface area contributed by atoms with E-state index in [1.165, 1.54) is 7.11 Å². The maximum atomic E-state index is 12.4. The highest BCUT2D eigenvalue weighted by molar-refractivity contribution is 5.93. The number of urea groups is 1. The summed E-state index contributed by atoms with van der Waals surface area (Å²) < 4.78 is 4.70. The lowest BCUT2D eigenvalue weighted by Gasteiger charge is -2.23. The van der Waals surface area contributed by atoms with Crippen molar-refractivity contribution in [2.75, 3.05) is 12.4 Å². The molecule has 0 aliphatic carbocycles. The number of amides is 2. The van der Waals surface area contributed by atoms with Crippen molar-refractivity contribution in [1.82, 2.24) is 10.3 Å². The normalized spacial score (nSPS) is 11.7. The number of benzene rings is 1. The number of rotatable bonds is 5. The summed E-state index contributed by atoms with van der Waals surface area (Å²) in [7, 11) is 1.34. The fraction of sp³-hybridized carbons (Fsp3) is 0.316. The Morgan fingerprint density at radius 1 is 1.20 bits per heavy atom. The molecule has 0 saturated carbocycles. The van der Waals surface area contributed by atoms with Gasteiger partial charge >= 0.3 is 12.0 Å². The monoisotopic (exact) mass is 341 g/mol. The molecule has 1 aromatic carbocycles. The number of nitrogens with one attached hydrogen (secondary N) is 2. The molecule has 1 atom stereocenters.